The van der Waals surface area contributed by atoms with Crippen LogP contribution in [0.2, 0.25) is 0 Å². The quantitative estimate of drug-likeness (QED) is 0.789. The zero-order chi connectivity index (χ0) is 11.5. The van der Waals surface area contributed by atoms with Gasteiger partial charge >= 0.3 is 0 Å². The minimum Gasteiger partial charge on any atom is -0.356 e. The molecule has 3 heterocycles. The lowest BCUT2D eigenvalue weighted by atomic mass is 10.1. The van der Waals surface area contributed by atoms with Crippen molar-refractivity contribution in [2.24, 2.45) is 0 Å². The van der Waals surface area contributed by atoms with Crippen molar-refractivity contribution in [3.63, 3.8) is 0 Å². The monoisotopic (exact) mass is 232 g/mol. The standard InChI is InChI=1S/C13H20N4/c1-2-8-17(9-3-1)13-11-4-6-14-7-5-12(11)15-10-16-13/h10,14H,1-9H2. The molecule has 0 unspecified atom stereocenters. The highest BCUT2D eigenvalue weighted by atomic mass is 15.2. The van der Waals surface area contributed by atoms with Crippen LogP contribution in [0.5, 0.6) is 0 Å². The smallest absolute Gasteiger partial charge is 0.135 e. The molecule has 0 aliphatic carbocycles. The Bertz CT molecular complexity index is 385. The van der Waals surface area contributed by atoms with E-state index in [1.54, 1.807) is 6.33 Å². The first-order valence-corrected chi connectivity index (χ1v) is 6.73. The fourth-order valence-electron chi connectivity index (χ4n) is 2.83. The van der Waals surface area contributed by atoms with Crippen molar-refractivity contribution in [1.29, 1.82) is 0 Å². The summed E-state index contributed by atoms with van der Waals surface area (Å²) in [6.07, 6.45) is 7.83. The van der Waals surface area contributed by atoms with Crippen LogP contribution in [-0.2, 0) is 12.8 Å². The van der Waals surface area contributed by atoms with E-state index in [1.807, 2.05) is 0 Å². The number of hydrogen-bond acceptors (Lipinski definition) is 4. The molecule has 1 N–H and O–H groups in total. The van der Waals surface area contributed by atoms with Gasteiger partial charge in [-0.25, -0.2) is 9.97 Å². The predicted molar refractivity (Wildman–Crippen MR) is 68.4 cm³/mol. The van der Waals surface area contributed by atoms with Gasteiger partial charge in [-0.05, 0) is 32.2 Å². The Morgan fingerprint density at radius 3 is 2.71 bits per heavy atom. The highest BCUT2D eigenvalue weighted by Crippen LogP contribution is 2.24. The van der Waals surface area contributed by atoms with Crippen LogP contribution >= 0.6 is 0 Å². The maximum absolute atomic E-state index is 4.54. The lowest BCUT2D eigenvalue weighted by Gasteiger charge is -2.29. The summed E-state index contributed by atoms with van der Waals surface area (Å²) in [5.74, 6) is 1.21. The van der Waals surface area contributed by atoms with Crippen LogP contribution in [0.1, 0.15) is 30.5 Å². The van der Waals surface area contributed by atoms with Gasteiger partial charge in [0.05, 0.1) is 5.69 Å². The van der Waals surface area contributed by atoms with Crippen LogP contribution in [0, 0.1) is 0 Å². The Morgan fingerprint density at radius 2 is 1.82 bits per heavy atom. The molecular formula is C13H20N4. The highest BCUT2D eigenvalue weighted by Gasteiger charge is 2.19. The minimum atomic E-state index is 1.04. The van der Waals surface area contributed by atoms with Gasteiger partial charge in [0.2, 0.25) is 0 Å². The zero-order valence-electron chi connectivity index (χ0n) is 10.3. The lowest BCUT2D eigenvalue weighted by molar-refractivity contribution is 0.570. The fourth-order valence-corrected chi connectivity index (χ4v) is 2.83. The van der Waals surface area contributed by atoms with Crippen molar-refractivity contribution < 1.29 is 0 Å². The molecule has 2 aliphatic heterocycles. The lowest BCUT2D eigenvalue weighted by Crippen LogP contribution is -2.31. The number of nitrogens with zero attached hydrogens (tertiary/aromatic N) is 3. The normalized spacial score (nSPS) is 20.8. The maximum atomic E-state index is 4.54. The second kappa shape index (κ2) is 5.00. The molecule has 3 rings (SSSR count). The average Bonchev–Trinajstić information content (AvgIpc) is 2.64. The molecular weight excluding hydrogens is 212 g/mol. The van der Waals surface area contributed by atoms with Crippen molar-refractivity contribution in [2.75, 3.05) is 31.1 Å². The van der Waals surface area contributed by atoms with E-state index >= 15 is 0 Å². The van der Waals surface area contributed by atoms with Gasteiger partial charge in [0.1, 0.15) is 12.1 Å². The molecule has 92 valence electrons. The SMILES string of the molecule is c1nc2c(c(N3CCCCC3)n1)CCNCC2. The fraction of sp³-hybridized carbons (Fsp3) is 0.692. The van der Waals surface area contributed by atoms with Crippen LogP contribution in [0.3, 0.4) is 0 Å². The summed E-state index contributed by atoms with van der Waals surface area (Å²) in [6.45, 7) is 4.43. The van der Waals surface area contributed by atoms with Crippen LogP contribution in [0.25, 0.3) is 0 Å². The molecule has 17 heavy (non-hydrogen) atoms. The highest BCUT2D eigenvalue weighted by molar-refractivity contribution is 5.49. The summed E-state index contributed by atoms with van der Waals surface area (Å²) >= 11 is 0. The molecule has 4 nitrogen and oxygen atoms in total. The molecule has 0 atom stereocenters. The van der Waals surface area contributed by atoms with E-state index in [1.165, 1.54) is 36.3 Å². The van der Waals surface area contributed by atoms with Crippen LogP contribution in [0.15, 0.2) is 6.33 Å². The number of anilines is 1. The van der Waals surface area contributed by atoms with E-state index < -0.39 is 0 Å². The Balaban J connectivity index is 1.92. The van der Waals surface area contributed by atoms with Gasteiger partial charge in [0, 0.05) is 31.6 Å². The van der Waals surface area contributed by atoms with Gasteiger partial charge in [-0.2, -0.15) is 0 Å². The summed E-state index contributed by atoms with van der Waals surface area (Å²) < 4.78 is 0. The number of nitrogens with one attached hydrogen (secondary N) is 1. The molecule has 0 aromatic carbocycles. The van der Waals surface area contributed by atoms with Crippen LogP contribution < -0.4 is 10.2 Å². The van der Waals surface area contributed by atoms with E-state index in [2.05, 4.69) is 20.2 Å². The molecule has 0 amide bonds. The van der Waals surface area contributed by atoms with Crippen molar-refractivity contribution in [3.05, 3.63) is 17.6 Å². The third kappa shape index (κ3) is 2.27. The number of hydrogen-bond donors (Lipinski definition) is 1. The number of rotatable bonds is 1. The topological polar surface area (TPSA) is 41.1 Å². The minimum absolute atomic E-state index is 1.04. The summed E-state index contributed by atoms with van der Waals surface area (Å²) in [5, 5.41) is 3.44. The summed E-state index contributed by atoms with van der Waals surface area (Å²) in [5.41, 5.74) is 2.64. The van der Waals surface area contributed by atoms with Crippen molar-refractivity contribution in [2.45, 2.75) is 32.1 Å². The van der Waals surface area contributed by atoms with Gasteiger partial charge in [0.25, 0.3) is 0 Å². The van der Waals surface area contributed by atoms with E-state index in [0.29, 0.717) is 0 Å². The van der Waals surface area contributed by atoms with Gasteiger partial charge in [0.15, 0.2) is 0 Å². The second-order valence-corrected chi connectivity index (χ2v) is 4.92. The molecule has 1 aromatic rings. The Hall–Kier alpha value is -1.16. The van der Waals surface area contributed by atoms with Crippen LogP contribution in [-0.4, -0.2) is 36.1 Å². The molecule has 0 saturated carbocycles. The number of fused-ring (bicyclic) bond motifs is 1. The Labute approximate surface area is 102 Å². The van der Waals surface area contributed by atoms with Gasteiger partial charge in [-0.15, -0.1) is 0 Å². The first kappa shape index (κ1) is 11.0. The second-order valence-electron chi connectivity index (χ2n) is 4.92. The first-order chi connectivity index (χ1) is 8.45. The van der Waals surface area contributed by atoms with Crippen LogP contribution in [0.4, 0.5) is 5.82 Å². The summed E-state index contributed by atoms with van der Waals surface area (Å²) in [4.78, 5) is 11.5. The first-order valence-electron chi connectivity index (χ1n) is 6.73. The van der Waals surface area contributed by atoms with Gasteiger partial charge in [-0.3, -0.25) is 0 Å². The average molecular weight is 232 g/mol. The third-order valence-electron chi connectivity index (χ3n) is 3.76. The molecule has 0 radical (unpaired) electrons. The molecule has 2 aliphatic rings. The predicted octanol–water partition coefficient (Wildman–Crippen LogP) is 1.16. The van der Waals surface area contributed by atoms with E-state index in [4.69, 9.17) is 0 Å². The maximum Gasteiger partial charge on any atom is 0.135 e. The van der Waals surface area contributed by atoms with Crippen molar-refractivity contribution in [3.8, 4) is 0 Å². The van der Waals surface area contributed by atoms with Crippen molar-refractivity contribution in [1.82, 2.24) is 15.3 Å². The van der Waals surface area contributed by atoms with E-state index in [-0.39, 0.29) is 0 Å². The molecule has 0 spiro atoms. The van der Waals surface area contributed by atoms with Crippen molar-refractivity contribution >= 4 is 5.82 Å². The third-order valence-corrected chi connectivity index (χ3v) is 3.76. The zero-order valence-corrected chi connectivity index (χ0v) is 10.3. The number of aromatic nitrogens is 2. The van der Waals surface area contributed by atoms with Gasteiger partial charge in [-0.1, -0.05) is 0 Å². The summed E-state index contributed by atoms with van der Waals surface area (Å²) in [7, 11) is 0. The molecule has 1 saturated heterocycles. The molecule has 0 bridgehead atoms. The largest absolute Gasteiger partial charge is 0.356 e. The summed E-state index contributed by atoms with van der Waals surface area (Å²) in [6, 6.07) is 0. The molecule has 1 fully saturated rings. The molecule has 4 heteroatoms. The number of piperidine rings is 1. The van der Waals surface area contributed by atoms with Gasteiger partial charge < -0.3 is 10.2 Å². The Kier molecular flexibility index (Phi) is 3.22. The van der Waals surface area contributed by atoms with E-state index in [9.17, 15) is 0 Å². The molecule has 1 aromatic heterocycles. The Morgan fingerprint density at radius 1 is 1.00 bits per heavy atom. The van der Waals surface area contributed by atoms with E-state index in [0.717, 1.165) is 39.0 Å².